The monoisotopic (exact) mass is 547 g/mol. The summed E-state index contributed by atoms with van der Waals surface area (Å²) in [4.78, 5) is 41.5. The minimum atomic E-state index is -0.800. The zero-order chi connectivity index (χ0) is 24.6. The van der Waals surface area contributed by atoms with Crippen molar-refractivity contribution in [3.63, 3.8) is 0 Å². The first-order valence-electron chi connectivity index (χ1n) is 10.0. The topological polar surface area (TPSA) is 126 Å². The van der Waals surface area contributed by atoms with Gasteiger partial charge >= 0.3 is 11.9 Å². The van der Waals surface area contributed by atoms with Crippen molar-refractivity contribution < 1.29 is 23.6 Å². The van der Waals surface area contributed by atoms with Crippen LogP contribution in [0.5, 0.6) is 5.75 Å². The number of methoxy groups -OCH3 is 1. The highest BCUT2D eigenvalue weighted by Gasteiger charge is 2.33. The number of fused-ring (bicyclic) bond motifs is 1. The van der Waals surface area contributed by atoms with Crippen LogP contribution in [-0.4, -0.2) is 29.2 Å². The van der Waals surface area contributed by atoms with Gasteiger partial charge in [0.2, 0.25) is 0 Å². The molecule has 0 saturated carbocycles. The fourth-order valence-electron chi connectivity index (χ4n) is 3.61. The van der Waals surface area contributed by atoms with Crippen molar-refractivity contribution in [3.05, 3.63) is 87.2 Å². The van der Waals surface area contributed by atoms with Crippen LogP contribution in [0.3, 0.4) is 0 Å². The van der Waals surface area contributed by atoms with E-state index in [0.29, 0.717) is 26.3 Å². The van der Waals surface area contributed by atoms with Gasteiger partial charge in [-0.3, -0.25) is 19.5 Å². The van der Waals surface area contributed by atoms with E-state index in [0.717, 1.165) is 11.3 Å². The number of benzene rings is 1. The molecule has 0 spiro atoms. The number of rotatable bonds is 6. The van der Waals surface area contributed by atoms with Crippen molar-refractivity contribution in [1.82, 2.24) is 4.57 Å². The highest BCUT2D eigenvalue weighted by Crippen LogP contribution is 2.35. The predicted molar refractivity (Wildman–Crippen MR) is 126 cm³/mol. The molecule has 0 bridgehead atoms. The smallest absolute Gasteiger partial charge is 0.433 e. The molecule has 10 nitrogen and oxygen atoms in total. The molecule has 0 amide bonds. The van der Waals surface area contributed by atoms with E-state index in [9.17, 15) is 19.7 Å². The molecular formula is C22H18BrN3O7S. The Morgan fingerprint density at radius 2 is 2.15 bits per heavy atom. The second-order valence-corrected chi connectivity index (χ2v) is 8.99. The van der Waals surface area contributed by atoms with Crippen molar-refractivity contribution in [2.45, 2.75) is 19.9 Å². The van der Waals surface area contributed by atoms with Gasteiger partial charge in [0.1, 0.15) is 16.4 Å². The van der Waals surface area contributed by atoms with E-state index in [1.807, 2.05) is 0 Å². The summed E-state index contributed by atoms with van der Waals surface area (Å²) in [6.07, 6.45) is 1.42. The van der Waals surface area contributed by atoms with Gasteiger partial charge in [-0.2, -0.15) is 0 Å². The van der Waals surface area contributed by atoms with Crippen LogP contribution in [0.15, 0.2) is 60.3 Å². The molecule has 0 radical (unpaired) electrons. The lowest BCUT2D eigenvalue weighted by Crippen LogP contribution is -2.39. The van der Waals surface area contributed by atoms with Crippen molar-refractivity contribution >= 4 is 45.2 Å². The number of ether oxygens (including phenoxy) is 2. The molecule has 176 valence electrons. The van der Waals surface area contributed by atoms with E-state index < -0.39 is 28.4 Å². The van der Waals surface area contributed by atoms with Crippen LogP contribution in [0.2, 0.25) is 0 Å². The van der Waals surface area contributed by atoms with Gasteiger partial charge in [-0.05, 0) is 53.5 Å². The molecule has 1 atom stereocenters. The first-order valence-corrected chi connectivity index (χ1v) is 11.6. The first-order chi connectivity index (χ1) is 16.2. The summed E-state index contributed by atoms with van der Waals surface area (Å²) >= 11 is 4.55. The standard InChI is InChI=1S/C22H18BrN3O7S/c1-4-32-21(28)18-11(2)24-22-25(19(18)12-5-7-15(31-3)14(23)9-12)20(27)16(34-22)10-13-6-8-17(33-13)26(29)30/h5-10,19H,4H2,1-3H3/b16-10+/t19-/m1/s1. The fraction of sp³-hybridized carbons (Fsp3) is 0.227. The lowest BCUT2D eigenvalue weighted by molar-refractivity contribution is -0.402. The molecule has 0 N–H and O–H groups in total. The molecule has 1 aliphatic rings. The largest absolute Gasteiger partial charge is 0.496 e. The number of aromatic nitrogens is 1. The Morgan fingerprint density at radius 3 is 2.76 bits per heavy atom. The van der Waals surface area contributed by atoms with Crippen LogP contribution < -0.4 is 19.6 Å². The molecule has 34 heavy (non-hydrogen) atoms. The van der Waals surface area contributed by atoms with Gasteiger partial charge in [0.05, 0.1) is 46.1 Å². The van der Waals surface area contributed by atoms with Crippen LogP contribution in [-0.2, 0) is 9.53 Å². The van der Waals surface area contributed by atoms with Crippen LogP contribution in [0.1, 0.15) is 31.2 Å². The van der Waals surface area contributed by atoms with E-state index in [1.54, 1.807) is 32.0 Å². The number of hydrogen-bond acceptors (Lipinski definition) is 9. The zero-order valence-electron chi connectivity index (χ0n) is 18.2. The number of halogens is 1. The Labute approximate surface area is 204 Å². The number of allylic oxidation sites excluding steroid dienone is 1. The molecule has 3 aromatic rings. The third kappa shape index (κ3) is 4.21. The minimum Gasteiger partial charge on any atom is -0.496 e. The van der Waals surface area contributed by atoms with Crippen molar-refractivity contribution in [2.24, 2.45) is 4.99 Å². The van der Waals surface area contributed by atoms with Crippen molar-refractivity contribution in [1.29, 1.82) is 0 Å². The van der Waals surface area contributed by atoms with Gasteiger partial charge in [0.15, 0.2) is 4.80 Å². The summed E-state index contributed by atoms with van der Waals surface area (Å²) in [6, 6.07) is 7.08. The number of thiazole rings is 1. The van der Waals surface area contributed by atoms with Gasteiger partial charge < -0.3 is 13.9 Å². The Hall–Kier alpha value is -3.51. The van der Waals surface area contributed by atoms with Crippen LogP contribution in [0, 0.1) is 10.1 Å². The second kappa shape index (κ2) is 9.39. The second-order valence-electron chi connectivity index (χ2n) is 7.13. The summed E-state index contributed by atoms with van der Waals surface area (Å²) in [6.45, 7) is 3.55. The molecule has 2 aromatic heterocycles. The molecule has 1 aliphatic heterocycles. The maximum atomic E-state index is 13.5. The number of nitro groups is 1. The number of esters is 1. The molecule has 4 rings (SSSR count). The summed E-state index contributed by atoms with van der Waals surface area (Å²) < 4.78 is 18.1. The Bertz CT molecular complexity index is 1520. The highest BCUT2D eigenvalue weighted by molar-refractivity contribution is 9.10. The molecule has 0 fully saturated rings. The lowest BCUT2D eigenvalue weighted by Gasteiger charge is -2.25. The normalized spacial score (nSPS) is 15.6. The summed E-state index contributed by atoms with van der Waals surface area (Å²) in [5.74, 6) is -0.256. The van der Waals surface area contributed by atoms with E-state index in [4.69, 9.17) is 13.9 Å². The van der Waals surface area contributed by atoms with E-state index in [1.165, 1.54) is 29.9 Å². The van der Waals surface area contributed by atoms with E-state index in [2.05, 4.69) is 20.9 Å². The maximum Gasteiger partial charge on any atom is 0.433 e. The third-order valence-corrected chi connectivity index (χ3v) is 6.68. The van der Waals surface area contributed by atoms with Crippen molar-refractivity contribution in [2.75, 3.05) is 13.7 Å². The molecule has 0 aliphatic carbocycles. The van der Waals surface area contributed by atoms with E-state index in [-0.39, 0.29) is 22.5 Å². The average Bonchev–Trinajstić information content (AvgIpc) is 3.38. The van der Waals surface area contributed by atoms with Crippen molar-refractivity contribution in [3.8, 4) is 5.75 Å². The number of furan rings is 1. The number of nitrogens with zero attached hydrogens (tertiary/aromatic N) is 3. The summed E-state index contributed by atoms with van der Waals surface area (Å²) in [5, 5.41) is 10.9. The average molecular weight is 548 g/mol. The molecule has 3 heterocycles. The number of carbonyl (C=O) groups is 1. The van der Waals surface area contributed by atoms with Gasteiger partial charge in [0.25, 0.3) is 5.56 Å². The highest BCUT2D eigenvalue weighted by atomic mass is 79.9. The van der Waals surface area contributed by atoms with Gasteiger partial charge in [-0.15, -0.1) is 0 Å². The Morgan fingerprint density at radius 1 is 1.38 bits per heavy atom. The number of hydrogen-bond donors (Lipinski definition) is 0. The quantitative estimate of drug-likeness (QED) is 0.263. The maximum absolute atomic E-state index is 13.5. The zero-order valence-corrected chi connectivity index (χ0v) is 20.6. The Kier molecular flexibility index (Phi) is 6.53. The number of carbonyl (C=O) groups excluding carboxylic acids is 1. The van der Waals surface area contributed by atoms with Gasteiger partial charge in [-0.1, -0.05) is 17.4 Å². The van der Waals surface area contributed by atoms with Gasteiger partial charge in [0, 0.05) is 6.08 Å². The lowest BCUT2D eigenvalue weighted by atomic mass is 9.96. The third-order valence-electron chi connectivity index (χ3n) is 5.07. The molecular weight excluding hydrogens is 530 g/mol. The van der Waals surface area contributed by atoms with Crippen LogP contribution in [0.25, 0.3) is 6.08 Å². The van der Waals surface area contributed by atoms with Crippen LogP contribution >= 0.6 is 27.3 Å². The SMILES string of the molecule is CCOC(=O)C1=C(C)N=c2s/c(=C/c3ccc([N+](=O)[O-])o3)c(=O)n2[C@@H]1c1ccc(OC)c(Br)c1. The van der Waals surface area contributed by atoms with Crippen LogP contribution in [0.4, 0.5) is 5.88 Å². The molecule has 12 heteroatoms. The molecule has 0 saturated heterocycles. The predicted octanol–water partition coefficient (Wildman–Crippen LogP) is 3.07. The Balaban J connectivity index is 1.94. The first kappa shape index (κ1) is 23.6. The molecule has 1 aromatic carbocycles. The fourth-order valence-corrected chi connectivity index (χ4v) is 5.19. The minimum absolute atomic E-state index is 0.155. The van der Waals surface area contributed by atoms with Gasteiger partial charge in [-0.25, -0.2) is 9.79 Å². The molecule has 0 unspecified atom stereocenters. The van der Waals surface area contributed by atoms with E-state index >= 15 is 0 Å². The summed E-state index contributed by atoms with van der Waals surface area (Å²) in [5.41, 5.74) is 0.892. The summed E-state index contributed by atoms with van der Waals surface area (Å²) in [7, 11) is 1.54.